The number of aliphatic hydroxyl groups excluding tert-OH is 1. The highest BCUT2D eigenvalue weighted by atomic mass is 32.1. The molecule has 6 nitrogen and oxygen atoms in total. The molecule has 0 aliphatic carbocycles. The zero-order valence-corrected chi connectivity index (χ0v) is 18.8. The van der Waals surface area contributed by atoms with Crippen LogP contribution in [-0.2, 0) is 14.3 Å². The summed E-state index contributed by atoms with van der Waals surface area (Å²) in [5.41, 5.74) is 2.64. The first-order valence-electron chi connectivity index (χ1n) is 10.7. The molecule has 2 saturated heterocycles. The van der Waals surface area contributed by atoms with Crippen LogP contribution in [0.5, 0.6) is 0 Å². The van der Waals surface area contributed by atoms with Gasteiger partial charge >= 0.3 is 0 Å². The molecule has 1 aromatic heterocycles. The number of aliphatic hydroxyl groups is 1. The van der Waals surface area contributed by atoms with Crippen molar-refractivity contribution in [3.05, 3.63) is 62.9 Å². The average molecular weight is 441 g/mol. The van der Waals surface area contributed by atoms with Crippen LogP contribution >= 0.6 is 11.3 Å². The van der Waals surface area contributed by atoms with E-state index >= 15 is 0 Å². The molecule has 0 radical (unpaired) electrons. The molecule has 31 heavy (non-hydrogen) atoms. The molecular formula is C24H28N2O4S. The van der Waals surface area contributed by atoms with Crippen LogP contribution in [0.4, 0.5) is 0 Å². The first-order valence-corrected chi connectivity index (χ1v) is 11.5. The van der Waals surface area contributed by atoms with Gasteiger partial charge in [0, 0.05) is 36.6 Å². The SMILES string of the molecule is Cc1ccc(C)c(C(O)=C2C(=O)C(=O)N(CCCN3CCOCC3)[C@H]2c2cccs2)c1. The maximum atomic E-state index is 13.1. The van der Waals surface area contributed by atoms with Gasteiger partial charge in [-0.05, 0) is 43.3 Å². The number of hydrogen-bond donors (Lipinski definition) is 1. The Bertz CT molecular complexity index is 993. The summed E-state index contributed by atoms with van der Waals surface area (Å²) in [7, 11) is 0. The molecular weight excluding hydrogens is 412 g/mol. The highest BCUT2D eigenvalue weighted by Crippen LogP contribution is 2.41. The van der Waals surface area contributed by atoms with Crippen molar-refractivity contribution in [1.29, 1.82) is 0 Å². The van der Waals surface area contributed by atoms with Gasteiger partial charge in [0.05, 0.1) is 24.8 Å². The van der Waals surface area contributed by atoms with Crippen molar-refractivity contribution < 1.29 is 19.4 Å². The standard InChI is InChI=1S/C24H28N2O4S/c1-16-6-7-17(2)18(15-16)22(27)20-21(19-5-3-14-31-19)26(24(29)23(20)28)9-4-8-25-10-12-30-13-11-25/h3,5-7,14-15,21,27H,4,8-13H2,1-2H3/t21-/m0/s1. The predicted octanol–water partition coefficient (Wildman–Crippen LogP) is 3.51. The van der Waals surface area contributed by atoms with E-state index in [-0.39, 0.29) is 11.3 Å². The topological polar surface area (TPSA) is 70.1 Å². The van der Waals surface area contributed by atoms with E-state index in [0.29, 0.717) is 12.1 Å². The van der Waals surface area contributed by atoms with Gasteiger partial charge in [0.25, 0.3) is 11.7 Å². The fourth-order valence-electron chi connectivity index (χ4n) is 4.28. The molecule has 0 spiro atoms. The number of thiophene rings is 1. The van der Waals surface area contributed by atoms with Crippen molar-refractivity contribution in [2.24, 2.45) is 0 Å². The molecule has 1 amide bonds. The lowest BCUT2D eigenvalue weighted by atomic mass is 9.96. The van der Waals surface area contributed by atoms with E-state index in [0.717, 1.165) is 55.3 Å². The van der Waals surface area contributed by atoms with E-state index in [1.807, 2.05) is 49.6 Å². The number of morpholine rings is 1. The quantitative estimate of drug-likeness (QED) is 0.423. The van der Waals surface area contributed by atoms with Crippen molar-refractivity contribution in [2.45, 2.75) is 26.3 Å². The van der Waals surface area contributed by atoms with Gasteiger partial charge in [-0.3, -0.25) is 14.5 Å². The first kappa shape index (κ1) is 21.7. The van der Waals surface area contributed by atoms with Crippen LogP contribution in [0.25, 0.3) is 5.76 Å². The second kappa shape index (κ2) is 9.34. The van der Waals surface area contributed by atoms with Crippen molar-refractivity contribution >= 4 is 28.8 Å². The van der Waals surface area contributed by atoms with Crippen LogP contribution in [0.2, 0.25) is 0 Å². The number of carbonyl (C=O) groups excluding carboxylic acids is 2. The molecule has 1 N–H and O–H groups in total. The number of carbonyl (C=O) groups is 2. The molecule has 0 unspecified atom stereocenters. The number of benzene rings is 1. The fraction of sp³-hybridized carbons (Fsp3) is 0.417. The van der Waals surface area contributed by atoms with Gasteiger partial charge in [0.2, 0.25) is 0 Å². The van der Waals surface area contributed by atoms with Crippen molar-refractivity contribution in [3.63, 3.8) is 0 Å². The average Bonchev–Trinajstić information content (AvgIpc) is 3.38. The van der Waals surface area contributed by atoms with Crippen LogP contribution in [0.1, 0.15) is 34.0 Å². The highest BCUT2D eigenvalue weighted by molar-refractivity contribution is 7.10. The van der Waals surface area contributed by atoms with Crippen LogP contribution in [0, 0.1) is 13.8 Å². The Morgan fingerprint density at radius 3 is 2.65 bits per heavy atom. The minimum absolute atomic E-state index is 0.0892. The molecule has 2 aromatic rings. The summed E-state index contributed by atoms with van der Waals surface area (Å²) < 4.78 is 5.39. The predicted molar refractivity (Wildman–Crippen MR) is 121 cm³/mol. The fourth-order valence-corrected chi connectivity index (χ4v) is 5.12. The Morgan fingerprint density at radius 1 is 1.16 bits per heavy atom. The van der Waals surface area contributed by atoms with Crippen LogP contribution < -0.4 is 0 Å². The Kier molecular flexibility index (Phi) is 6.55. The van der Waals surface area contributed by atoms with Crippen LogP contribution in [0.3, 0.4) is 0 Å². The van der Waals surface area contributed by atoms with E-state index in [2.05, 4.69) is 4.90 Å². The number of hydrogen-bond acceptors (Lipinski definition) is 6. The summed E-state index contributed by atoms with van der Waals surface area (Å²) in [6.45, 7) is 8.39. The minimum Gasteiger partial charge on any atom is -0.507 e. The van der Waals surface area contributed by atoms with E-state index in [1.165, 1.54) is 11.3 Å². The maximum Gasteiger partial charge on any atom is 0.295 e. The molecule has 1 aromatic carbocycles. The molecule has 4 rings (SSSR count). The van der Waals surface area contributed by atoms with Crippen LogP contribution in [0.15, 0.2) is 41.3 Å². The van der Waals surface area contributed by atoms with E-state index in [1.54, 1.807) is 4.90 Å². The lowest BCUT2D eigenvalue weighted by Gasteiger charge is -2.28. The molecule has 0 bridgehead atoms. The third-order valence-corrected chi connectivity index (χ3v) is 6.90. The Hall–Kier alpha value is -2.48. The van der Waals surface area contributed by atoms with Gasteiger partial charge in [-0.15, -0.1) is 11.3 Å². The monoisotopic (exact) mass is 440 g/mol. The van der Waals surface area contributed by atoms with Crippen molar-refractivity contribution in [1.82, 2.24) is 9.80 Å². The van der Waals surface area contributed by atoms with Crippen molar-refractivity contribution in [2.75, 3.05) is 39.4 Å². The summed E-state index contributed by atoms with van der Waals surface area (Å²) in [5.74, 6) is -1.23. The third kappa shape index (κ3) is 4.44. The lowest BCUT2D eigenvalue weighted by Crippen LogP contribution is -2.38. The zero-order chi connectivity index (χ0) is 22.0. The normalized spacial score (nSPS) is 21.7. The molecule has 2 fully saturated rings. The minimum atomic E-state index is -0.608. The molecule has 7 heteroatoms. The van der Waals surface area contributed by atoms with Gasteiger partial charge in [0.1, 0.15) is 5.76 Å². The molecule has 2 aliphatic heterocycles. The number of ether oxygens (including phenoxy) is 1. The van der Waals surface area contributed by atoms with E-state index in [9.17, 15) is 14.7 Å². The summed E-state index contributed by atoms with van der Waals surface area (Å²) in [4.78, 5) is 30.9. The second-order valence-corrected chi connectivity index (χ2v) is 9.11. The smallest absolute Gasteiger partial charge is 0.295 e. The van der Waals surface area contributed by atoms with E-state index < -0.39 is 17.7 Å². The first-order chi connectivity index (χ1) is 15.0. The summed E-state index contributed by atoms with van der Waals surface area (Å²) in [5, 5.41) is 13.1. The van der Waals surface area contributed by atoms with Gasteiger partial charge < -0.3 is 14.7 Å². The molecule has 164 valence electrons. The third-order valence-electron chi connectivity index (χ3n) is 5.98. The Labute approximate surface area is 186 Å². The van der Waals surface area contributed by atoms with Gasteiger partial charge in [0.15, 0.2) is 0 Å². The van der Waals surface area contributed by atoms with Gasteiger partial charge in [-0.25, -0.2) is 0 Å². The highest BCUT2D eigenvalue weighted by Gasteiger charge is 2.46. The molecule has 1 atom stereocenters. The number of likely N-dealkylation sites (tertiary alicyclic amines) is 1. The second-order valence-electron chi connectivity index (χ2n) is 8.13. The molecule has 2 aliphatic rings. The number of Topliss-reactive ketones (excluding diaryl/α,β-unsaturated/α-hetero) is 1. The number of rotatable bonds is 6. The molecule has 3 heterocycles. The summed E-state index contributed by atoms with van der Waals surface area (Å²) in [6, 6.07) is 9.03. The molecule has 0 saturated carbocycles. The van der Waals surface area contributed by atoms with Gasteiger partial charge in [-0.1, -0.05) is 23.8 Å². The van der Waals surface area contributed by atoms with Crippen molar-refractivity contribution in [3.8, 4) is 0 Å². The summed E-state index contributed by atoms with van der Waals surface area (Å²) >= 11 is 1.49. The number of nitrogens with zero attached hydrogens (tertiary/aromatic N) is 2. The maximum absolute atomic E-state index is 13.1. The van der Waals surface area contributed by atoms with Gasteiger partial charge in [-0.2, -0.15) is 0 Å². The van der Waals surface area contributed by atoms with E-state index in [4.69, 9.17) is 4.74 Å². The Morgan fingerprint density at radius 2 is 1.94 bits per heavy atom. The Balaban J connectivity index is 1.65. The number of ketones is 1. The zero-order valence-electron chi connectivity index (χ0n) is 18.0. The largest absolute Gasteiger partial charge is 0.507 e. The lowest BCUT2D eigenvalue weighted by molar-refractivity contribution is -0.140. The number of aryl methyl sites for hydroxylation is 2. The van der Waals surface area contributed by atoms with Crippen LogP contribution in [-0.4, -0.2) is 66.0 Å². The number of amides is 1. The summed E-state index contributed by atoms with van der Waals surface area (Å²) in [6.07, 6.45) is 0.762.